The molecular formula is C12H20N2O2. The Morgan fingerprint density at radius 3 is 2.94 bits per heavy atom. The average Bonchev–Trinajstić information content (AvgIpc) is 2.71. The Morgan fingerprint density at radius 2 is 2.31 bits per heavy atom. The van der Waals surface area contributed by atoms with Gasteiger partial charge in [-0.25, -0.2) is 0 Å². The summed E-state index contributed by atoms with van der Waals surface area (Å²) in [5, 5.41) is 3.35. The molecule has 0 aromatic carbocycles. The highest BCUT2D eigenvalue weighted by Gasteiger charge is 2.02. The second kappa shape index (κ2) is 6.33. The standard InChI is InChI=1S/C12H20N2O2/c1-10(2)13-8-11-4-6-14(9-11)7-5-12(15)16-3/h4,6,9-10,13H,5,7-8H2,1-3H3. The largest absolute Gasteiger partial charge is 0.469 e. The second-order valence-corrected chi connectivity index (χ2v) is 4.12. The van der Waals surface area contributed by atoms with Gasteiger partial charge in [-0.15, -0.1) is 0 Å². The molecule has 0 atom stereocenters. The Bertz CT molecular complexity index is 332. The Labute approximate surface area is 96.6 Å². The van der Waals surface area contributed by atoms with Crippen molar-refractivity contribution in [3.63, 3.8) is 0 Å². The predicted molar refractivity (Wildman–Crippen MR) is 63.0 cm³/mol. The van der Waals surface area contributed by atoms with Gasteiger partial charge in [-0.1, -0.05) is 13.8 Å². The highest BCUT2D eigenvalue weighted by molar-refractivity contribution is 5.68. The van der Waals surface area contributed by atoms with E-state index in [9.17, 15) is 4.79 Å². The fraction of sp³-hybridized carbons (Fsp3) is 0.583. The van der Waals surface area contributed by atoms with E-state index in [1.807, 2.05) is 10.8 Å². The number of rotatable bonds is 6. The van der Waals surface area contributed by atoms with Crippen LogP contribution in [0.15, 0.2) is 18.5 Å². The molecule has 0 amide bonds. The van der Waals surface area contributed by atoms with E-state index in [1.165, 1.54) is 12.7 Å². The number of aryl methyl sites for hydroxylation is 1. The van der Waals surface area contributed by atoms with Gasteiger partial charge in [0, 0.05) is 31.5 Å². The van der Waals surface area contributed by atoms with Gasteiger partial charge in [0.2, 0.25) is 0 Å². The summed E-state index contributed by atoms with van der Waals surface area (Å²) in [6.45, 7) is 5.78. The van der Waals surface area contributed by atoms with Gasteiger partial charge in [-0.2, -0.15) is 0 Å². The normalized spacial score (nSPS) is 10.8. The van der Waals surface area contributed by atoms with Crippen molar-refractivity contribution in [3.8, 4) is 0 Å². The molecule has 0 saturated heterocycles. The first-order valence-electron chi connectivity index (χ1n) is 5.56. The molecule has 1 rings (SSSR count). The molecule has 1 heterocycles. The smallest absolute Gasteiger partial charge is 0.307 e. The second-order valence-electron chi connectivity index (χ2n) is 4.12. The van der Waals surface area contributed by atoms with Gasteiger partial charge in [0.1, 0.15) is 0 Å². The van der Waals surface area contributed by atoms with E-state index < -0.39 is 0 Å². The van der Waals surface area contributed by atoms with Gasteiger partial charge in [0.25, 0.3) is 0 Å². The molecule has 0 unspecified atom stereocenters. The third-order valence-corrected chi connectivity index (χ3v) is 2.33. The van der Waals surface area contributed by atoms with Crippen molar-refractivity contribution in [1.29, 1.82) is 0 Å². The molecule has 0 aliphatic carbocycles. The quantitative estimate of drug-likeness (QED) is 0.745. The van der Waals surface area contributed by atoms with E-state index >= 15 is 0 Å². The van der Waals surface area contributed by atoms with Crippen LogP contribution < -0.4 is 5.32 Å². The number of carbonyl (C=O) groups excluding carboxylic acids is 1. The lowest BCUT2D eigenvalue weighted by atomic mass is 10.3. The first-order chi connectivity index (χ1) is 7.61. The fourth-order valence-electron chi connectivity index (χ4n) is 1.38. The van der Waals surface area contributed by atoms with Crippen molar-refractivity contribution in [1.82, 2.24) is 9.88 Å². The summed E-state index contributed by atoms with van der Waals surface area (Å²) >= 11 is 0. The van der Waals surface area contributed by atoms with E-state index in [1.54, 1.807) is 0 Å². The zero-order chi connectivity index (χ0) is 12.0. The highest BCUT2D eigenvalue weighted by atomic mass is 16.5. The van der Waals surface area contributed by atoms with Gasteiger partial charge < -0.3 is 14.6 Å². The minimum Gasteiger partial charge on any atom is -0.469 e. The average molecular weight is 224 g/mol. The maximum absolute atomic E-state index is 11.0. The van der Waals surface area contributed by atoms with Crippen LogP contribution in [0.5, 0.6) is 0 Å². The summed E-state index contributed by atoms with van der Waals surface area (Å²) in [5.41, 5.74) is 1.23. The maximum Gasteiger partial charge on any atom is 0.307 e. The molecule has 0 aliphatic rings. The van der Waals surface area contributed by atoms with E-state index in [0.717, 1.165) is 6.54 Å². The third kappa shape index (κ3) is 4.49. The minimum atomic E-state index is -0.171. The summed E-state index contributed by atoms with van der Waals surface area (Å²) in [6, 6.07) is 2.55. The summed E-state index contributed by atoms with van der Waals surface area (Å²) in [7, 11) is 1.41. The molecule has 1 aromatic heterocycles. The van der Waals surface area contributed by atoms with Gasteiger partial charge >= 0.3 is 5.97 Å². The Balaban J connectivity index is 2.36. The monoisotopic (exact) mass is 224 g/mol. The van der Waals surface area contributed by atoms with Gasteiger partial charge in [0.15, 0.2) is 0 Å². The number of carbonyl (C=O) groups is 1. The van der Waals surface area contributed by atoms with Crippen LogP contribution >= 0.6 is 0 Å². The first-order valence-corrected chi connectivity index (χ1v) is 5.56. The number of methoxy groups -OCH3 is 1. The fourth-order valence-corrected chi connectivity index (χ4v) is 1.38. The van der Waals surface area contributed by atoms with Crippen molar-refractivity contribution in [2.45, 2.75) is 39.4 Å². The number of ether oxygens (including phenoxy) is 1. The summed E-state index contributed by atoms with van der Waals surface area (Å²) in [5.74, 6) is -0.171. The van der Waals surface area contributed by atoms with Gasteiger partial charge in [0.05, 0.1) is 13.5 Å². The molecule has 0 radical (unpaired) electrons. The molecule has 4 heteroatoms. The van der Waals surface area contributed by atoms with Crippen molar-refractivity contribution in [3.05, 3.63) is 24.0 Å². The van der Waals surface area contributed by atoms with Crippen molar-refractivity contribution < 1.29 is 9.53 Å². The molecule has 4 nitrogen and oxygen atoms in total. The summed E-state index contributed by atoms with van der Waals surface area (Å²) < 4.78 is 6.60. The highest BCUT2D eigenvalue weighted by Crippen LogP contribution is 2.03. The molecule has 90 valence electrons. The van der Waals surface area contributed by atoms with Crippen LogP contribution in [0, 0.1) is 0 Å². The molecule has 0 aliphatic heterocycles. The number of hydrogen-bond donors (Lipinski definition) is 1. The lowest BCUT2D eigenvalue weighted by molar-refractivity contribution is -0.140. The summed E-state index contributed by atoms with van der Waals surface area (Å²) in [4.78, 5) is 11.0. The van der Waals surface area contributed by atoms with Crippen LogP contribution in [0.2, 0.25) is 0 Å². The van der Waals surface area contributed by atoms with Crippen LogP contribution in [-0.4, -0.2) is 23.7 Å². The number of aromatic nitrogens is 1. The van der Waals surface area contributed by atoms with E-state index in [0.29, 0.717) is 19.0 Å². The number of hydrogen-bond acceptors (Lipinski definition) is 3. The molecule has 1 aromatic rings. The third-order valence-electron chi connectivity index (χ3n) is 2.33. The van der Waals surface area contributed by atoms with Crippen LogP contribution in [0.25, 0.3) is 0 Å². The van der Waals surface area contributed by atoms with Crippen molar-refractivity contribution in [2.75, 3.05) is 7.11 Å². The molecule has 0 saturated carbocycles. The van der Waals surface area contributed by atoms with Crippen LogP contribution in [0.4, 0.5) is 0 Å². The van der Waals surface area contributed by atoms with Gasteiger partial charge in [-0.3, -0.25) is 4.79 Å². The maximum atomic E-state index is 11.0. The van der Waals surface area contributed by atoms with Crippen LogP contribution in [-0.2, 0) is 22.6 Å². The lowest BCUT2D eigenvalue weighted by Crippen LogP contribution is -2.21. The molecule has 0 spiro atoms. The molecular weight excluding hydrogens is 204 g/mol. The molecule has 16 heavy (non-hydrogen) atoms. The Hall–Kier alpha value is -1.29. The van der Waals surface area contributed by atoms with Crippen LogP contribution in [0.3, 0.4) is 0 Å². The predicted octanol–water partition coefficient (Wildman–Crippen LogP) is 1.55. The lowest BCUT2D eigenvalue weighted by Gasteiger charge is -2.05. The minimum absolute atomic E-state index is 0.171. The topological polar surface area (TPSA) is 43.3 Å². The van der Waals surface area contributed by atoms with E-state index in [4.69, 9.17) is 0 Å². The number of nitrogens with zero attached hydrogens (tertiary/aromatic N) is 1. The molecule has 1 N–H and O–H groups in total. The SMILES string of the molecule is COC(=O)CCn1ccc(CNC(C)C)c1. The zero-order valence-corrected chi connectivity index (χ0v) is 10.2. The van der Waals surface area contributed by atoms with E-state index in [-0.39, 0.29) is 5.97 Å². The molecule has 0 fully saturated rings. The van der Waals surface area contributed by atoms with E-state index in [2.05, 4.69) is 36.2 Å². The van der Waals surface area contributed by atoms with Crippen molar-refractivity contribution in [2.24, 2.45) is 0 Å². The van der Waals surface area contributed by atoms with Crippen LogP contribution in [0.1, 0.15) is 25.8 Å². The van der Waals surface area contributed by atoms with Crippen molar-refractivity contribution >= 4 is 5.97 Å². The molecule has 0 bridgehead atoms. The zero-order valence-electron chi connectivity index (χ0n) is 10.2. The number of nitrogens with one attached hydrogen (secondary N) is 1. The first kappa shape index (κ1) is 12.8. The number of esters is 1. The Morgan fingerprint density at radius 1 is 1.56 bits per heavy atom. The summed E-state index contributed by atoms with van der Waals surface area (Å²) in [6.07, 6.45) is 4.46. The Kier molecular flexibility index (Phi) is 5.05. The van der Waals surface area contributed by atoms with Gasteiger partial charge in [-0.05, 0) is 11.6 Å².